The number of amides is 1. The molecule has 2 rings (SSSR count). The van der Waals surface area contributed by atoms with Crippen LogP contribution in [0.15, 0.2) is 24.3 Å². The van der Waals surface area contributed by atoms with E-state index in [4.69, 9.17) is 0 Å². The highest BCUT2D eigenvalue weighted by atomic mass is 16.1. The first-order valence-electron chi connectivity index (χ1n) is 6.49. The van der Waals surface area contributed by atoms with Gasteiger partial charge in [0.1, 0.15) is 0 Å². The van der Waals surface area contributed by atoms with Crippen molar-refractivity contribution >= 4 is 17.3 Å². The van der Waals surface area contributed by atoms with Crippen molar-refractivity contribution in [2.45, 2.75) is 13.8 Å². The molecule has 106 valence electrons. The van der Waals surface area contributed by atoms with Gasteiger partial charge in [0.25, 0.3) is 5.91 Å². The fourth-order valence-corrected chi connectivity index (χ4v) is 2.19. The van der Waals surface area contributed by atoms with Crippen LogP contribution in [0.1, 0.15) is 21.7 Å². The Hall–Kier alpha value is -2.30. The Morgan fingerprint density at radius 2 is 1.90 bits per heavy atom. The van der Waals surface area contributed by atoms with E-state index < -0.39 is 0 Å². The summed E-state index contributed by atoms with van der Waals surface area (Å²) in [5, 5.41) is 7.27. The van der Waals surface area contributed by atoms with Gasteiger partial charge in [-0.3, -0.25) is 9.48 Å². The van der Waals surface area contributed by atoms with Gasteiger partial charge in [-0.2, -0.15) is 5.10 Å². The van der Waals surface area contributed by atoms with Gasteiger partial charge >= 0.3 is 0 Å². The Kier molecular flexibility index (Phi) is 3.79. The molecule has 0 saturated heterocycles. The molecule has 20 heavy (non-hydrogen) atoms. The van der Waals surface area contributed by atoms with Crippen LogP contribution in [0, 0.1) is 13.8 Å². The van der Waals surface area contributed by atoms with E-state index in [-0.39, 0.29) is 5.91 Å². The zero-order valence-electron chi connectivity index (χ0n) is 12.6. The number of aromatic nitrogens is 2. The van der Waals surface area contributed by atoms with Crippen molar-refractivity contribution in [3.05, 3.63) is 41.2 Å². The van der Waals surface area contributed by atoms with E-state index in [1.165, 1.54) is 0 Å². The molecule has 0 aliphatic heterocycles. The number of nitrogens with zero attached hydrogens (tertiary/aromatic N) is 3. The predicted molar refractivity (Wildman–Crippen MR) is 81.4 cm³/mol. The fourth-order valence-electron chi connectivity index (χ4n) is 2.19. The Morgan fingerprint density at radius 1 is 1.25 bits per heavy atom. The minimum atomic E-state index is -0.117. The smallest absolute Gasteiger partial charge is 0.257 e. The number of aryl methyl sites for hydroxylation is 2. The van der Waals surface area contributed by atoms with Gasteiger partial charge in [0, 0.05) is 26.8 Å². The van der Waals surface area contributed by atoms with E-state index in [1.807, 2.05) is 64.2 Å². The summed E-state index contributed by atoms with van der Waals surface area (Å²) in [6.45, 7) is 3.83. The van der Waals surface area contributed by atoms with Crippen molar-refractivity contribution in [3.63, 3.8) is 0 Å². The zero-order chi connectivity index (χ0) is 14.9. The average molecular weight is 272 g/mol. The van der Waals surface area contributed by atoms with Crippen molar-refractivity contribution < 1.29 is 4.79 Å². The van der Waals surface area contributed by atoms with E-state index >= 15 is 0 Å². The Morgan fingerprint density at radius 3 is 2.45 bits per heavy atom. The number of hydrogen-bond donors (Lipinski definition) is 1. The van der Waals surface area contributed by atoms with Crippen LogP contribution < -0.4 is 10.2 Å². The van der Waals surface area contributed by atoms with Crippen LogP contribution >= 0.6 is 0 Å². The monoisotopic (exact) mass is 272 g/mol. The fraction of sp³-hybridized carbons (Fsp3) is 0.333. The highest BCUT2D eigenvalue weighted by Crippen LogP contribution is 2.22. The molecular weight excluding hydrogens is 252 g/mol. The molecule has 0 fully saturated rings. The number of carbonyl (C=O) groups excluding carboxylic acids is 1. The van der Waals surface area contributed by atoms with Crippen LogP contribution in [-0.4, -0.2) is 29.8 Å². The molecule has 1 aromatic heterocycles. The highest BCUT2D eigenvalue weighted by molar-refractivity contribution is 6.08. The van der Waals surface area contributed by atoms with Crippen molar-refractivity contribution in [1.82, 2.24) is 9.78 Å². The molecule has 0 aliphatic carbocycles. The largest absolute Gasteiger partial charge is 0.377 e. The summed E-state index contributed by atoms with van der Waals surface area (Å²) in [4.78, 5) is 14.4. The van der Waals surface area contributed by atoms with Crippen LogP contribution in [0.25, 0.3) is 0 Å². The number of hydrogen-bond acceptors (Lipinski definition) is 3. The number of nitrogens with one attached hydrogen (secondary N) is 1. The lowest BCUT2D eigenvalue weighted by atomic mass is 10.1. The maximum absolute atomic E-state index is 12.5. The summed E-state index contributed by atoms with van der Waals surface area (Å²) in [6.07, 6.45) is 0. The van der Waals surface area contributed by atoms with Gasteiger partial charge in [0.2, 0.25) is 0 Å². The molecule has 0 radical (unpaired) electrons. The summed E-state index contributed by atoms with van der Waals surface area (Å²) in [7, 11) is 5.71. The van der Waals surface area contributed by atoms with E-state index in [1.54, 1.807) is 4.68 Å². The van der Waals surface area contributed by atoms with Crippen molar-refractivity contribution in [2.24, 2.45) is 7.05 Å². The third-order valence-corrected chi connectivity index (χ3v) is 3.38. The van der Waals surface area contributed by atoms with Crippen molar-refractivity contribution in [2.75, 3.05) is 24.3 Å². The third-order valence-electron chi connectivity index (χ3n) is 3.38. The van der Waals surface area contributed by atoms with Gasteiger partial charge in [-0.05, 0) is 26.0 Å². The lowest BCUT2D eigenvalue weighted by Crippen LogP contribution is -2.19. The van der Waals surface area contributed by atoms with Gasteiger partial charge in [-0.15, -0.1) is 0 Å². The maximum Gasteiger partial charge on any atom is 0.257 e. The molecule has 1 heterocycles. The second kappa shape index (κ2) is 5.36. The summed E-state index contributed by atoms with van der Waals surface area (Å²) in [6, 6.07) is 7.54. The average Bonchev–Trinajstić information content (AvgIpc) is 2.65. The van der Waals surface area contributed by atoms with Crippen LogP contribution in [0.5, 0.6) is 0 Å². The molecule has 2 aromatic rings. The maximum atomic E-state index is 12.5. The second-order valence-corrected chi connectivity index (χ2v) is 5.04. The molecule has 0 aliphatic rings. The molecule has 0 atom stereocenters. The summed E-state index contributed by atoms with van der Waals surface area (Å²) in [5.74, 6) is -0.117. The molecular formula is C15H20N4O. The summed E-state index contributed by atoms with van der Waals surface area (Å²) in [5.41, 5.74) is 4.09. The number of rotatable bonds is 3. The van der Waals surface area contributed by atoms with E-state index in [2.05, 4.69) is 10.4 Å². The van der Waals surface area contributed by atoms with Crippen molar-refractivity contribution in [3.8, 4) is 0 Å². The summed E-state index contributed by atoms with van der Waals surface area (Å²) >= 11 is 0. The van der Waals surface area contributed by atoms with Crippen LogP contribution in [0.4, 0.5) is 11.4 Å². The van der Waals surface area contributed by atoms with Crippen LogP contribution in [-0.2, 0) is 7.05 Å². The minimum absolute atomic E-state index is 0.117. The predicted octanol–water partition coefficient (Wildman–Crippen LogP) is 2.36. The van der Waals surface area contributed by atoms with Gasteiger partial charge in [0.05, 0.1) is 22.6 Å². The molecule has 5 nitrogen and oxygen atoms in total. The van der Waals surface area contributed by atoms with Gasteiger partial charge in [-0.25, -0.2) is 0 Å². The van der Waals surface area contributed by atoms with Gasteiger partial charge in [0.15, 0.2) is 0 Å². The van der Waals surface area contributed by atoms with Gasteiger partial charge < -0.3 is 10.2 Å². The van der Waals surface area contributed by atoms with E-state index in [0.29, 0.717) is 5.56 Å². The number of benzene rings is 1. The Bertz CT molecular complexity index is 643. The van der Waals surface area contributed by atoms with Crippen LogP contribution in [0.3, 0.4) is 0 Å². The first-order chi connectivity index (χ1) is 9.41. The molecule has 1 aromatic carbocycles. The highest BCUT2D eigenvalue weighted by Gasteiger charge is 2.16. The number of carbonyl (C=O) groups is 1. The number of anilines is 2. The van der Waals surface area contributed by atoms with Crippen molar-refractivity contribution in [1.29, 1.82) is 0 Å². The quantitative estimate of drug-likeness (QED) is 0.933. The molecule has 0 unspecified atom stereocenters. The molecule has 5 heteroatoms. The Labute approximate surface area is 119 Å². The van der Waals surface area contributed by atoms with Gasteiger partial charge in [-0.1, -0.05) is 12.1 Å². The number of para-hydroxylation sites is 1. The molecule has 0 bridgehead atoms. The molecule has 1 amide bonds. The molecule has 0 saturated carbocycles. The SMILES string of the molecule is Cc1nn(C)c(C)c1NC(=O)c1ccccc1N(C)C. The van der Waals surface area contributed by atoms with Crippen LogP contribution in [0.2, 0.25) is 0 Å². The lowest BCUT2D eigenvalue weighted by molar-refractivity contribution is 0.102. The zero-order valence-corrected chi connectivity index (χ0v) is 12.6. The second-order valence-electron chi connectivity index (χ2n) is 5.04. The standard InChI is InChI=1S/C15H20N4O/c1-10-14(11(2)19(5)17-10)16-15(20)12-8-6-7-9-13(12)18(3)4/h6-9H,1-5H3,(H,16,20). The van der Waals surface area contributed by atoms with E-state index in [0.717, 1.165) is 22.8 Å². The Balaban J connectivity index is 2.34. The normalized spacial score (nSPS) is 10.4. The first kappa shape index (κ1) is 14.1. The minimum Gasteiger partial charge on any atom is -0.377 e. The van der Waals surface area contributed by atoms with E-state index in [9.17, 15) is 4.79 Å². The third kappa shape index (κ3) is 2.52. The molecule has 0 spiro atoms. The first-order valence-corrected chi connectivity index (χ1v) is 6.49. The lowest BCUT2D eigenvalue weighted by Gasteiger charge is -2.17. The topological polar surface area (TPSA) is 50.2 Å². The summed E-state index contributed by atoms with van der Waals surface area (Å²) < 4.78 is 1.77. The molecule has 1 N–H and O–H groups in total.